The summed E-state index contributed by atoms with van der Waals surface area (Å²) < 4.78 is 18.7. The second-order valence-electron chi connectivity index (χ2n) is 3.94. The molecule has 0 radical (unpaired) electrons. The van der Waals surface area contributed by atoms with Crippen LogP contribution < -0.4 is 10.1 Å². The largest absolute Gasteiger partial charge is 0.497 e. The third-order valence-electron chi connectivity index (χ3n) is 2.66. The highest BCUT2D eigenvalue weighted by Crippen LogP contribution is 2.25. The number of hydrogen-bond donors (Lipinski definition) is 1. The van der Waals surface area contributed by atoms with Crippen molar-refractivity contribution < 1.29 is 9.13 Å². The molecule has 0 aliphatic rings. The minimum Gasteiger partial charge on any atom is -0.497 e. The number of hydrogen-bond acceptors (Lipinski definition) is 2. The van der Waals surface area contributed by atoms with Gasteiger partial charge in [-0.15, -0.1) is 0 Å². The van der Waals surface area contributed by atoms with E-state index in [0.717, 1.165) is 5.69 Å². The second kappa shape index (κ2) is 6.13. The van der Waals surface area contributed by atoms with Gasteiger partial charge in [0.1, 0.15) is 11.6 Å². The van der Waals surface area contributed by atoms with Crippen LogP contribution in [-0.4, -0.2) is 7.11 Å². The Hall–Kier alpha value is -1.45. The average Bonchev–Trinajstić information content (AvgIpc) is 2.41. The Kier molecular flexibility index (Phi) is 4.51. The van der Waals surface area contributed by atoms with Crippen LogP contribution in [-0.2, 0) is 6.54 Å². The number of nitrogens with one attached hydrogen (secondary N) is 1. The van der Waals surface area contributed by atoms with E-state index in [1.165, 1.54) is 13.2 Å². The van der Waals surface area contributed by atoms with E-state index in [9.17, 15) is 4.39 Å². The lowest BCUT2D eigenvalue weighted by atomic mass is 10.2. The lowest BCUT2D eigenvalue weighted by molar-refractivity contribution is 0.411. The highest BCUT2D eigenvalue weighted by molar-refractivity contribution is 6.42. The number of benzene rings is 2. The standard InChI is InChI=1S/C14H12Cl2FNO/c1-19-11-4-2-9(14(17)7-11)8-18-10-3-5-12(15)13(16)6-10/h2-7,18H,8H2,1H3. The summed E-state index contributed by atoms with van der Waals surface area (Å²) in [6.45, 7) is 0.355. The number of ether oxygens (including phenoxy) is 1. The first kappa shape index (κ1) is 14.0. The van der Waals surface area contributed by atoms with Gasteiger partial charge < -0.3 is 10.1 Å². The Morgan fingerprint density at radius 2 is 1.89 bits per heavy atom. The minimum absolute atomic E-state index is 0.313. The zero-order chi connectivity index (χ0) is 13.8. The maximum atomic E-state index is 13.7. The maximum Gasteiger partial charge on any atom is 0.131 e. The third-order valence-corrected chi connectivity index (χ3v) is 3.40. The van der Waals surface area contributed by atoms with Gasteiger partial charge in [-0.05, 0) is 24.3 Å². The maximum absolute atomic E-state index is 13.7. The molecule has 0 unspecified atom stereocenters. The molecule has 0 aliphatic carbocycles. The molecule has 2 aromatic carbocycles. The normalized spacial score (nSPS) is 10.3. The summed E-state index contributed by atoms with van der Waals surface area (Å²) in [6.07, 6.45) is 0. The van der Waals surface area contributed by atoms with Crippen LogP contribution in [0.2, 0.25) is 10.0 Å². The Morgan fingerprint density at radius 3 is 2.53 bits per heavy atom. The third kappa shape index (κ3) is 3.52. The van der Waals surface area contributed by atoms with Crippen LogP contribution in [0.25, 0.3) is 0 Å². The van der Waals surface area contributed by atoms with Gasteiger partial charge in [0.05, 0.1) is 17.2 Å². The molecule has 2 nitrogen and oxygen atoms in total. The molecule has 1 N–H and O–H groups in total. The first-order chi connectivity index (χ1) is 9.10. The summed E-state index contributed by atoms with van der Waals surface area (Å²) in [7, 11) is 1.50. The highest BCUT2D eigenvalue weighted by Gasteiger charge is 2.05. The molecule has 19 heavy (non-hydrogen) atoms. The van der Waals surface area contributed by atoms with Gasteiger partial charge >= 0.3 is 0 Å². The van der Waals surface area contributed by atoms with Crippen LogP contribution in [0.15, 0.2) is 36.4 Å². The molecule has 5 heteroatoms. The predicted molar refractivity (Wildman–Crippen MR) is 76.7 cm³/mol. The van der Waals surface area contributed by atoms with Gasteiger partial charge in [-0.25, -0.2) is 4.39 Å². The van der Waals surface area contributed by atoms with E-state index in [-0.39, 0.29) is 5.82 Å². The first-order valence-electron chi connectivity index (χ1n) is 5.61. The fraction of sp³-hybridized carbons (Fsp3) is 0.143. The van der Waals surface area contributed by atoms with Gasteiger partial charge in [0.15, 0.2) is 0 Å². The van der Waals surface area contributed by atoms with Gasteiger partial charge in [-0.2, -0.15) is 0 Å². The van der Waals surface area contributed by atoms with Crippen molar-refractivity contribution in [1.82, 2.24) is 0 Å². The fourth-order valence-corrected chi connectivity index (χ4v) is 1.90. The summed E-state index contributed by atoms with van der Waals surface area (Å²) in [6, 6.07) is 9.93. The van der Waals surface area contributed by atoms with Crippen molar-refractivity contribution in [2.24, 2.45) is 0 Å². The average molecular weight is 300 g/mol. The molecule has 0 bridgehead atoms. The predicted octanol–water partition coefficient (Wildman–Crippen LogP) is 4.75. The Morgan fingerprint density at radius 1 is 1.11 bits per heavy atom. The molecule has 2 rings (SSSR count). The number of methoxy groups -OCH3 is 1. The van der Waals surface area contributed by atoms with Crippen molar-refractivity contribution in [3.05, 3.63) is 57.8 Å². The van der Waals surface area contributed by atoms with E-state index in [4.69, 9.17) is 27.9 Å². The summed E-state index contributed by atoms with van der Waals surface area (Å²) in [5.41, 5.74) is 1.33. The van der Waals surface area contributed by atoms with E-state index in [0.29, 0.717) is 27.9 Å². The minimum atomic E-state index is -0.313. The molecule has 0 aliphatic heterocycles. The van der Waals surface area contributed by atoms with E-state index in [2.05, 4.69) is 5.32 Å². The van der Waals surface area contributed by atoms with E-state index >= 15 is 0 Å². The van der Waals surface area contributed by atoms with Crippen LogP contribution >= 0.6 is 23.2 Å². The molecule has 0 heterocycles. The zero-order valence-electron chi connectivity index (χ0n) is 10.2. The quantitative estimate of drug-likeness (QED) is 0.879. The van der Waals surface area contributed by atoms with Crippen molar-refractivity contribution in [3.63, 3.8) is 0 Å². The Balaban J connectivity index is 2.07. The summed E-state index contributed by atoms with van der Waals surface area (Å²) in [4.78, 5) is 0. The molecular formula is C14H12Cl2FNO. The second-order valence-corrected chi connectivity index (χ2v) is 4.75. The van der Waals surface area contributed by atoms with Crippen LogP contribution in [0.4, 0.5) is 10.1 Å². The van der Waals surface area contributed by atoms with Crippen LogP contribution in [0, 0.1) is 5.82 Å². The van der Waals surface area contributed by atoms with Crippen LogP contribution in [0.3, 0.4) is 0 Å². The van der Waals surface area contributed by atoms with Crippen LogP contribution in [0.5, 0.6) is 5.75 Å². The summed E-state index contributed by atoms with van der Waals surface area (Å²) in [5.74, 6) is 0.183. The topological polar surface area (TPSA) is 21.3 Å². The molecule has 100 valence electrons. The molecule has 0 atom stereocenters. The molecular weight excluding hydrogens is 288 g/mol. The van der Waals surface area contributed by atoms with Gasteiger partial charge in [0.25, 0.3) is 0 Å². The number of rotatable bonds is 4. The lowest BCUT2D eigenvalue weighted by Gasteiger charge is -2.09. The molecule has 0 spiro atoms. The van der Waals surface area contributed by atoms with Crippen molar-refractivity contribution in [1.29, 1.82) is 0 Å². The van der Waals surface area contributed by atoms with E-state index < -0.39 is 0 Å². The smallest absolute Gasteiger partial charge is 0.131 e. The molecule has 0 saturated carbocycles. The fourth-order valence-electron chi connectivity index (χ4n) is 1.60. The Bertz CT molecular complexity index is 590. The van der Waals surface area contributed by atoms with E-state index in [1.807, 2.05) is 0 Å². The van der Waals surface area contributed by atoms with Crippen molar-refractivity contribution in [2.75, 3.05) is 12.4 Å². The van der Waals surface area contributed by atoms with Crippen molar-refractivity contribution in [3.8, 4) is 5.75 Å². The molecule has 0 saturated heterocycles. The molecule has 0 amide bonds. The van der Waals surface area contributed by atoms with Crippen LogP contribution in [0.1, 0.15) is 5.56 Å². The zero-order valence-corrected chi connectivity index (χ0v) is 11.7. The molecule has 0 fully saturated rings. The van der Waals surface area contributed by atoms with Gasteiger partial charge in [-0.1, -0.05) is 29.3 Å². The highest BCUT2D eigenvalue weighted by atomic mass is 35.5. The lowest BCUT2D eigenvalue weighted by Crippen LogP contribution is -2.02. The molecule has 0 aromatic heterocycles. The van der Waals surface area contributed by atoms with Crippen molar-refractivity contribution >= 4 is 28.9 Å². The van der Waals surface area contributed by atoms with Gasteiger partial charge in [-0.3, -0.25) is 0 Å². The van der Waals surface area contributed by atoms with E-state index in [1.54, 1.807) is 30.3 Å². The monoisotopic (exact) mass is 299 g/mol. The SMILES string of the molecule is COc1ccc(CNc2ccc(Cl)c(Cl)c2)c(F)c1. The summed E-state index contributed by atoms with van der Waals surface area (Å²) >= 11 is 11.7. The number of anilines is 1. The molecule has 2 aromatic rings. The van der Waals surface area contributed by atoms with Gasteiger partial charge in [0.2, 0.25) is 0 Å². The number of halogens is 3. The summed E-state index contributed by atoms with van der Waals surface area (Å²) in [5, 5.41) is 4.03. The Labute approximate surface area is 121 Å². The van der Waals surface area contributed by atoms with Gasteiger partial charge in [0, 0.05) is 23.9 Å². The van der Waals surface area contributed by atoms with Crippen molar-refractivity contribution in [2.45, 2.75) is 6.54 Å². The first-order valence-corrected chi connectivity index (χ1v) is 6.37.